The molecule has 1 aromatic heterocycles. The average Bonchev–Trinajstić information content (AvgIpc) is 2.67. The van der Waals surface area contributed by atoms with Crippen LogP contribution in [-0.2, 0) is 22.6 Å². The third kappa shape index (κ3) is 5.79. The SMILES string of the molecule is Cc1[nH]c(=O)c(C#N)c(C)c1CCC(=O)NCc1ccc(NC(=O)C(C)C)cc1. The van der Waals surface area contributed by atoms with Gasteiger partial charge in [0, 0.05) is 30.3 Å². The van der Waals surface area contributed by atoms with Gasteiger partial charge < -0.3 is 15.6 Å². The molecule has 1 heterocycles. The largest absolute Gasteiger partial charge is 0.352 e. The van der Waals surface area contributed by atoms with Crippen LogP contribution in [0.15, 0.2) is 29.1 Å². The van der Waals surface area contributed by atoms with Crippen molar-refractivity contribution in [2.45, 2.75) is 47.1 Å². The fourth-order valence-corrected chi connectivity index (χ4v) is 2.94. The molecule has 0 bridgehead atoms. The van der Waals surface area contributed by atoms with Gasteiger partial charge in [0.25, 0.3) is 5.56 Å². The van der Waals surface area contributed by atoms with Crippen molar-refractivity contribution in [3.8, 4) is 6.07 Å². The number of anilines is 1. The maximum atomic E-state index is 12.2. The Morgan fingerprint density at radius 2 is 1.83 bits per heavy atom. The van der Waals surface area contributed by atoms with Crippen LogP contribution in [0.3, 0.4) is 0 Å². The number of carbonyl (C=O) groups is 2. The molecule has 0 saturated carbocycles. The van der Waals surface area contributed by atoms with Crippen molar-refractivity contribution < 1.29 is 9.59 Å². The Morgan fingerprint density at radius 3 is 2.41 bits per heavy atom. The number of aromatic amines is 1. The van der Waals surface area contributed by atoms with Gasteiger partial charge in [0.05, 0.1) is 0 Å². The highest BCUT2D eigenvalue weighted by molar-refractivity contribution is 5.92. The highest BCUT2D eigenvalue weighted by Gasteiger charge is 2.13. The lowest BCUT2D eigenvalue weighted by atomic mass is 9.99. The van der Waals surface area contributed by atoms with E-state index < -0.39 is 5.56 Å². The minimum absolute atomic E-state index is 0.0431. The summed E-state index contributed by atoms with van der Waals surface area (Å²) in [5.41, 5.74) is 3.46. The second-order valence-corrected chi connectivity index (χ2v) is 7.29. The molecule has 7 nitrogen and oxygen atoms in total. The summed E-state index contributed by atoms with van der Waals surface area (Å²) < 4.78 is 0. The topological polar surface area (TPSA) is 115 Å². The number of carbonyl (C=O) groups excluding carboxylic acids is 2. The zero-order valence-corrected chi connectivity index (χ0v) is 17.2. The van der Waals surface area contributed by atoms with E-state index in [4.69, 9.17) is 5.26 Å². The molecule has 29 heavy (non-hydrogen) atoms. The van der Waals surface area contributed by atoms with Gasteiger partial charge >= 0.3 is 0 Å². The second-order valence-electron chi connectivity index (χ2n) is 7.29. The number of rotatable bonds is 7. The van der Waals surface area contributed by atoms with Gasteiger partial charge in [-0.15, -0.1) is 0 Å². The van der Waals surface area contributed by atoms with E-state index in [0.717, 1.165) is 16.8 Å². The van der Waals surface area contributed by atoms with Gasteiger partial charge in [-0.3, -0.25) is 14.4 Å². The maximum absolute atomic E-state index is 12.2. The summed E-state index contributed by atoms with van der Waals surface area (Å²) in [5.74, 6) is -0.253. The molecule has 3 N–H and O–H groups in total. The Labute approximate surface area is 170 Å². The lowest BCUT2D eigenvalue weighted by Gasteiger charge is -2.11. The molecule has 0 fully saturated rings. The van der Waals surface area contributed by atoms with E-state index in [1.54, 1.807) is 26.0 Å². The fourth-order valence-electron chi connectivity index (χ4n) is 2.94. The molecule has 2 rings (SSSR count). The number of aryl methyl sites for hydroxylation is 1. The lowest BCUT2D eigenvalue weighted by molar-refractivity contribution is -0.121. The van der Waals surface area contributed by atoms with Gasteiger partial charge in [0.2, 0.25) is 11.8 Å². The Kier molecular flexibility index (Phi) is 7.32. The van der Waals surface area contributed by atoms with Crippen LogP contribution < -0.4 is 16.2 Å². The number of hydrogen-bond acceptors (Lipinski definition) is 4. The summed E-state index contributed by atoms with van der Waals surface area (Å²) >= 11 is 0. The summed E-state index contributed by atoms with van der Waals surface area (Å²) in [4.78, 5) is 38.4. The van der Waals surface area contributed by atoms with E-state index in [2.05, 4.69) is 15.6 Å². The van der Waals surface area contributed by atoms with E-state index in [1.165, 1.54) is 0 Å². The first-order chi connectivity index (χ1) is 13.7. The van der Waals surface area contributed by atoms with Crippen molar-refractivity contribution in [2.75, 3.05) is 5.32 Å². The number of pyridine rings is 1. The first kappa shape index (κ1) is 21.9. The van der Waals surface area contributed by atoms with Gasteiger partial charge in [-0.2, -0.15) is 5.26 Å². The molecule has 1 aromatic carbocycles. The number of H-pyrrole nitrogens is 1. The summed E-state index contributed by atoms with van der Waals surface area (Å²) in [5, 5.41) is 14.8. The molecule has 2 aromatic rings. The summed E-state index contributed by atoms with van der Waals surface area (Å²) in [7, 11) is 0. The number of nitrogens with zero attached hydrogens (tertiary/aromatic N) is 1. The zero-order chi connectivity index (χ0) is 21.6. The van der Waals surface area contributed by atoms with Gasteiger partial charge in [0.1, 0.15) is 11.6 Å². The molecule has 0 radical (unpaired) electrons. The van der Waals surface area contributed by atoms with Crippen LogP contribution in [0, 0.1) is 31.1 Å². The van der Waals surface area contributed by atoms with Crippen LogP contribution in [0.4, 0.5) is 5.69 Å². The Balaban J connectivity index is 1.90. The first-order valence-electron chi connectivity index (χ1n) is 9.51. The monoisotopic (exact) mass is 394 g/mol. The van der Waals surface area contributed by atoms with Crippen LogP contribution >= 0.6 is 0 Å². The van der Waals surface area contributed by atoms with Crippen LogP contribution in [0.1, 0.15) is 48.2 Å². The molecule has 0 saturated heterocycles. The quantitative estimate of drug-likeness (QED) is 0.670. The molecule has 0 unspecified atom stereocenters. The average molecular weight is 394 g/mol. The Bertz CT molecular complexity index is 998. The van der Waals surface area contributed by atoms with Crippen molar-refractivity contribution >= 4 is 17.5 Å². The molecule has 0 atom stereocenters. The summed E-state index contributed by atoms with van der Waals surface area (Å²) in [6.45, 7) is 7.53. The van der Waals surface area contributed by atoms with Crippen LogP contribution in [-0.4, -0.2) is 16.8 Å². The number of aromatic nitrogens is 1. The standard InChI is InChI=1S/C22H26N4O3/c1-13(2)21(28)26-17-7-5-16(6-8-17)12-24-20(27)10-9-18-14(3)19(11-23)22(29)25-15(18)4/h5-8,13H,9-10,12H2,1-4H3,(H,24,27)(H,25,29)(H,26,28). The molecule has 0 spiro atoms. The smallest absolute Gasteiger partial charge is 0.266 e. The number of nitrogens with one attached hydrogen (secondary N) is 3. The molecule has 152 valence electrons. The second kappa shape index (κ2) is 9.69. The van der Waals surface area contributed by atoms with Crippen molar-refractivity contribution in [1.29, 1.82) is 5.26 Å². The third-order valence-electron chi connectivity index (χ3n) is 4.76. The van der Waals surface area contributed by atoms with Crippen LogP contribution in [0.25, 0.3) is 0 Å². The van der Waals surface area contributed by atoms with E-state index in [-0.39, 0.29) is 29.7 Å². The van der Waals surface area contributed by atoms with Crippen molar-refractivity contribution in [3.63, 3.8) is 0 Å². The van der Waals surface area contributed by atoms with Gasteiger partial charge in [-0.1, -0.05) is 26.0 Å². The summed E-state index contributed by atoms with van der Waals surface area (Å²) in [6.07, 6.45) is 0.691. The van der Waals surface area contributed by atoms with Crippen LogP contribution in [0.5, 0.6) is 0 Å². The van der Waals surface area contributed by atoms with E-state index in [0.29, 0.717) is 24.2 Å². The number of benzene rings is 1. The van der Waals surface area contributed by atoms with E-state index >= 15 is 0 Å². The van der Waals surface area contributed by atoms with Gasteiger partial charge in [-0.05, 0) is 49.1 Å². The number of nitriles is 1. The van der Waals surface area contributed by atoms with Crippen molar-refractivity contribution in [3.05, 3.63) is 62.6 Å². The van der Waals surface area contributed by atoms with Crippen LogP contribution in [0.2, 0.25) is 0 Å². The molecular formula is C22H26N4O3. The third-order valence-corrected chi connectivity index (χ3v) is 4.76. The van der Waals surface area contributed by atoms with Gasteiger partial charge in [0.15, 0.2) is 0 Å². The highest BCUT2D eigenvalue weighted by atomic mass is 16.2. The number of hydrogen-bond donors (Lipinski definition) is 3. The molecule has 0 aliphatic carbocycles. The predicted molar refractivity (Wildman–Crippen MR) is 111 cm³/mol. The van der Waals surface area contributed by atoms with E-state index in [1.807, 2.05) is 32.0 Å². The van der Waals surface area contributed by atoms with Crippen molar-refractivity contribution in [2.24, 2.45) is 5.92 Å². The minimum atomic E-state index is -0.399. The molecule has 2 amide bonds. The lowest BCUT2D eigenvalue weighted by Crippen LogP contribution is -2.24. The summed E-state index contributed by atoms with van der Waals surface area (Å²) in [6, 6.07) is 9.23. The Morgan fingerprint density at radius 1 is 1.17 bits per heavy atom. The normalized spacial score (nSPS) is 10.5. The zero-order valence-electron chi connectivity index (χ0n) is 17.2. The molecular weight excluding hydrogens is 368 g/mol. The van der Waals surface area contributed by atoms with Gasteiger partial charge in [-0.25, -0.2) is 0 Å². The first-order valence-corrected chi connectivity index (χ1v) is 9.51. The fraction of sp³-hybridized carbons (Fsp3) is 0.364. The van der Waals surface area contributed by atoms with Crippen molar-refractivity contribution in [1.82, 2.24) is 10.3 Å². The predicted octanol–water partition coefficient (Wildman–Crippen LogP) is 2.71. The molecule has 7 heteroatoms. The minimum Gasteiger partial charge on any atom is -0.352 e. The maximum Gasteiger partial charge on any atom is 0.266 e. The molecule has 0 aliphatic heterocycles. The highest BCUT2D eigenvalue weighted by Crippen LogP contribution is 2.15. The number of amides is 2. The Hall–Kier alpha value is -3.40. The van der Waals surface area contributed by atoms with E-state index in [9.17, 15) is 14.4 Å². The molecule has 0 aliphatic rings.